The van der Waals surface area contributed by atoms with Crippen LogP contribution in [0.1, 0.15) is 15.9 Å². The number of aryl methyl sites for hydroxylation is 1. The standard InChI is InChI=1S/C18H13Cl3N2O3S/c1-9-12(20)5-6-14-16(9)23(8-15(24)26-2)18(27-14)22-17(25)11-4-3-10(19)7-13(11)21/h3-7H,8H2,1-2H3. The molecule has 0 aliphatic heterocycles. The first-order valence-electron chi connectivity index (χ1n) is 7.71. The van der Waals surface area contributed by atoms with Crippen molar-refractivity contribution in [3.8, 4) is 0 Å². The summed E-state index contributed by atoms with van der Waals surface area (Å²) in [6, 6.07) is 8.13. The maximum absolute atomic E-state index is 12.6. The number of amides is 1. The molecule has 0 bridgehead atoms. The van der Waals surface area contributed by atoms with Gasteiger partial charge in [-0.05, 0) is 42.8 Å². The fraction of sp³-hybridized carbons (Fsp3) is 0.167. The highest BCUT2D eigenvalue weighted by Crippen LogP contribution is 2.27. The first-order chi connectivity index (χ1) is 12.8. The molecule has 5 nitrogen and oxygen atoms in total. The zero-order valence-corrected chi connectivity index (χ0v) is 17.3. The van der Waals surface area contributed by atoms with Crippen LogP contribution in [0.2, 0.25) is 15.1 Å². The van der Waals surface area contributed by atoms with Crippen molar-refractivity contribution in [3.63, 3.8) is 0 Å². The van der Waals surface area contributed by atoms with Crippen LogP contribution in [0.4, 0.5) is 0 Å². The summed E-state index contributed by atoms with van der Waals surface area (Å²) in [6.07, 6.45) is 0. The highest BCUT2D eigenvalue weighted by molar-refractivity contribution is 7.16. The normalized spacial score (nSPS) is 11.8. The van der Waals surface area contributed by atoms with Crippen molar-refractivity contribution >= 4 is 68.2 Å². The maximum Gasteiger partial charge on any atom is 0.325 e. The zero-order valence-electron chi connectivity index (χ0n) is 14.3. The molecule has 0 atom stereocenters. The molecule has 3 aromatic rings. The average Bonchev–Trinajstić information content (AvgIpc) is 2.95. The van der Waals surface area contributed by atoms with E-state index in [4.69, 9.17) is 39.5 Å². The molecule has 1 amide bonds. The Kier molecular flexibility index (Phi) is 5.91. The average molecular weight is 444 g/mol. The fourth-order valence-corrected chi connectivity index (χ4v) is 4.28. The minimum Gasteiger partial charge on any atom is -0.468 e. The largest absolute Gasteiger partial charge is 0.468 e. The van der Waals surface area contributed by atoms with E-state index in [1.54, 1.807) is 16.7 Å². The summed E-state index contributed by atoms with van der Waals surface area (Å²) in [6.45, 7) is 1.74. The van der Waals surface area contributed by atoms with Crippen molar-refractivity contribution in [2.24, 2.45) is 4.99 Å². The Labute approximate surface area is 173 Å². The predicted octanol–water partition coefficient (Wildman–Crippen LogP) is 4.89. The quantitative estimate of drug-likeness (QED) is 0.542. The number of thiazole rings is 1. The van der Waals surface area contributed by atoms with Gasteiger partial charge in [0, 0.05) is 10.0 Å². The van der Waals surface area contributed by atoms with Gasteiger partial charge in [-0.25, -0.2) is 0 Å². The summed E-state index contributed by atoms with van der Waals surface area (Å²) in [5, 5.41) is 1.18. The summed E-state index contributed by atoms with van der Waals surface area (Å²) >= 11 is 19.5. The molecule has 0 unspecified atom stereocenters. The first kappa shape index (κ1) is 19.9. The molecular weight excluding hydrogens is 431 g/mol. The van der Waals surface area contributed by atoms with Crippen molar-refractivity contribution in [2.45, 2.75) is 13.5 Å². The van der Waals surface area contributed by atoms with Gasteiger partial charge in [-0.15, -0.1) is 0 Å². The molecular formula is C18H13Cl3N2O3S. The number of aromatic nitrogens is 1. The molecule has 0 N–H and O–H groups in total. The Morgan fingerprint density at radius 1 is 1.15 bits per heavy atom. The van der Waals surface area contributed by atoms with Gasteiger partial charge in [-0.1, -0.05) is 46.1 Å². The van der Waals surface area contributed by atoms with E-state index in [0.29, 0.717) is 14.8 Å². The van der Waals surface area contributed by atoms with Crippen LogP contribution in [0, 0.1) is 6.92 Å². The van der Waals surface area contributed by atoms with Crippen molar-refractivity contribution in [1.29, 1.82) is 0 Å². The van der Waals surface area contributed by atoms with Gasteiger partial charge in [0.1, 0.15) is 6.54 Å². The topological polar surface area (TPSA) is 60.7 Å². The Bertz CT molecular complexity index is 1130. The van der Waals surface area contributed by atoms with E-state index >= 15 is 0 Å². The van der Waals surface area contributed by atoms with Gasteiger partial charge in [-0.3, -0.25) is 9.59 Å². The van der Waals surface area contributed by atoms with Crippen LogP contribution in [0.15, 0.2) is 35.3 Å². The van der Waals surface area contributed by atoms with Crippen molar-refractivity contribution in [1.82, 2.24) is 4.57 Å². The van der Waals surface area contributed by atoms with E-state index in [1.165, 1.54) is 30.6 Å². The third-order valence-electron chi connectivity index (χ3n) is 3.90. The van der Waals surface area contributed by atoms with Crippen molar-refractivity contribution in [2.75, 3.05) is 7.11 Å². The molecule has 27 heavy (non-hydrogen) atoms. The molecule has 1 aromatic heterocycles. The molecule has 0 aliphatic rings. The smallest absolute Gasteiger partial charge is 0.325 e. The predicted molar refractivity (Wildman–Crippen MR) is 108 cm³/mol. The highest BCUT2D eigenvalue weighted by atomic mass is 35.5. The third kappa shape index (κ3) is 4.04. The summed E-state index contributed by atoms with van der Waals surface area (Å²) < 4.78 is 7.23. The van der Waals surface area contributed by atoms with E-state index in [0.717, 1.165) is 15.8 Å². The number of ether oxygens (including phenoxy) is 1. The molecule has 0 saturated heterocycles. The number of halogens is 3. The summed E-state index contributed by atoms with van der Waals surface area (Å²) in [7, 11) is 1.30. The lowest BCUT2D eigenvalue weighted by atomic mass is 10.2. The van der Waals surface area contributed by atoms with Crippen molar-refractivity contribution in [3.05, 3.63) is 61.3 Å². The van der Waals surface area contributed by atoms with E-state index in [9.17, 15) is 9.59 Å². The molecule has 140 valence electrons. The van der Waals surface area contributed by atoms with Gasteiger partial charge < -0.3 is 9.30 Å². The van der Waals surface area contributed by atoms with E-state index < -0.39 is 11.9 Å². The van der Waals surface area contributed by atoms with Crippen LogP contribution in [0.5, 0.6) is 0 Å². The molecule has 0 fully saturated rings. The summed E-state index contributed by atoms with van der Waals surface area (Å²) in [5.74, 6) is -1.00. The van der Waals surface area contributed by atoms with Crippen LogP contribution in [-0.4, -0.2) is 23.6 Å². The number of nitrogens with zero attached hydrogens (tertiary/aromatic N) is 2. The van der Waals surface area contributed by atoms with Crippen molar-refractivity contribution < 1.29 is 14.3 Å². The first-order valence-corrected chi connectivity index (χ1v) is 9.66. The molecule has 0 spiro atoms. The second-order valence-corrected chi connectivity index (χ2v) is 7.87. The molecule has 9 heteroatoms. The number of carbonyl (C=O) groups excluding carboxylic acids is 2. The van der Waals surface area contributed by atoms with Gasteiger partial charge in [0.05, 0.1) is 27.9 Å². The van der Waals surface area contributed by atoms with Crippen LogP contribution in [-0.2, 0) is 16.1 Å². The van der Waals surface area contributed by atoms with Gasteiger partial charge in [0.15, 0.2) is 4.80 Å². The monoisotopic (exact) mass is 442 g/mol. The second kappa shape index (κ2) is 8.02. The summed E-state index contributed by atoms with van der Waals surface area (Å²) in [4.78, 5) is 29.0. The number of benzene rings is 2. The third-order valence-corrected chi connectivity index (χ3v) is 5.90. The Balaban J connectivity index is 2.22. The van der Waals surface area contributed by atoms with Gasteiger partial charge in [0.25, 0.3) is 5.91 Å². The van der Waals surface area contributed by atoms with Crippen LogP contribution >= 0.6 is 46.1 Å². The lowest BCUT2D eigenvalue weighted by molar-refractivity contribution is -0.141. The van der Waals surface area contributed by atoms with Gasteiger partial charge >= 0.3 is 5.97 Å². The van der Waals surface area contributed by atoms with Crippen LogP contribution in [0.25, 0.3) is 10.2 Å². The number of rotatable bonds is 3. The summed E-state index contributed by atoms with van der Waals surface area (Å²) in [5.41, 5.74) is 1.73. The molecule has 3 rings (SSSR count). The number of hydrogen-bond donors (Lipinski definition) is 0. The lowest BCUT2D eigenvalue weighted by Gasteiger charge is -2.07. The minimum absolute atomic E-state index is 0.0991. The highest BCUT2D eigenvalue weighted by Gasteiger charge is 2.16. The molecule has 0 radical (unpaired) electrons. The second-order valence-electron chi connectivity index (χ2n) is 5.61. The molecule has 0 saturated carbocycles. The van der Waals surface area contributed by atoms with E-state index in [2.05, 4.69) is 4.99 Å². The Hall–Kier alpha value is -1.86. The Morgan fingerprint density at radius 3 is 2.56 bits per heavy atom. The molecule has 1 heterocycles. The SMILES string of the molecule is COC(=O)Cn1c(=NC(=O)c2ccc(Cl)cc2Cl)sc2ccc(Cl)c(C)c21. The molecule has 2 aromatic carbocycles. The number of hydrogen-bond acceptors (Lipinski definition) is 4. The van der Waals surface area contributed by atoms with E-state index in [1.807, 2.05) is 13.0 Å². The number of fused-ring (bicyclic) bond motifs is 1. The fourth-order valence-electron chi connectivity index (χ4n) is 2.55. The van der Waals surface area contributed by atoms with Crippen LogP contribution < -0.4 is 4.80 Å². The lowest BCUT2D eigenvalue weighted by Crippen LogP contribution is -2.22. The zero-order chi connectivity index (χ0) is 19.7. The minimum atomic E-state index is -0.536. The maximum atomic E-state index is 12.6. The molecule has 0 aliphatic carbocycles. The number of esters is 1. The number of carbonyl (C=O) groups is 2. The van der Waals surface area contributed by atoms with E-state index in [-0.39, 0.29) is 17.1 Å². The Morgan fingerprint density at radius 2 is 1.89 bits per heavy atom. The number of methoxy groups -OCH3 is 1. The van der Waals surface area contributed by atoms with Gasteiger partial charge in [-0.2, -0.15) is 4.99 Å². The van der Waals surface area contributed by atoms with Crippen LogP contribution in [0.3, 0.4) is 0 Å². The van der Waals surface area contributed by atoms with Gasteiger partial charge in [0.2, 0.25) is 0 Å².